The maximum Gasteiger partial charge on any atom is 0.289 e. The minimum Gasteiger partial charge on any atom is -0.349 e. The van der Waals surface area contributed by atoms with Crippen molar-refractivity contribution in [1.82, 2.24) is 15.5 Å². The van der Waals surface area contributed by atoms with Crippen LogP contribution in [0.25, 0.3) is 0 Å². The maximum atomic E-state index is 13.4. The van der Waals surface area contributed by atoms with Crippen molar-refractivity contribution in [3.8, 4) is 0 Å². The van der Waals surface area contributed by atoms with E-state index < -0.39 is 39.9 Å². The number of fused-ring (bicyclic) bond motifs is 1. The molecule has 1 aliphatic heterocycles. The van der Waals surface area contributed by atoms with Gasteiger partial charge in [-0.3, -0.25) is 19.2 Å². The molecule has 184 valence electrons. The Morgan fingerprint density at radius 2 is 1.76 bits per heavy atom. The molecule has 0 aromatic carbocycles. The van der Waals surface area contributed by atoms with Crippen molar-refractivity contribution < 1.29 is 19.2 Å². The van der Waals surface area contributed by atoms with E-state index in [9.17, 15) is 19.2 Å². The van der Waals surface area contributed by atoms with Gasteiger partial charge in [0.25, 0.3) is 5.91 Å². The van der Waals surface area contributed by atoms with Gasteiger partial charge in [-0.25, -0.2) is 0 Å². The van der Waals surface area contributed by atoms with E-state index in [4.69, 9.17) is 23.2 Å². The summed E-state index contributed by atoms with van der Waals surface area (Å²) < 4.78 is -1.09. The molecule has 0 spiro atoms. The van der Waals surface area contributed by atoms with Crippen molar-refractivity contribution >= 4 is 46.7 Å². The van der Waals surface area contributed by atoms with E-state index in [1.165, 1.54) is 4.90 Å². The van der Waals surface area contributed by atoms with Crippen molar-refractivity contribution in [2.75, 3.05) is 13.1 Å². The Morgan fingerprint density at radius 3 is 2.30 bits per heavy atom. The van der Waals surface area contributed by atoms with Gasteiger partial charge in [0.1, 0.15) is 10.4 Å². The summed E-state index contributed by atoms with van der Waals surface area (Å²) in [4.78, 5) is 53.2. The molecule has 2 rings (SSSR count). The third kappa shape index (κ3) is 5.99. The third-order valence-electron chi connectivity index (χ3n) is 6.70. The number of Topliss-reactive ketones (excluding diaryl/α,β-unsaturated/α-hetero) is 1. The number of ketones is 1. The zero-order valence-electron chi connectivity index (χ0n) is 19.8. The predicted octanol–water partition coefficient (Wildman–Crippen LogP) is 3.01. The number of hydrogen-bond acceptors (Lipinski definition) is 4. The van der Waals surface area contributed by atoms with Crippen LogP contribution in [0.5, 0.6) is 0 Å². The van der Waals surface area contributed by atoms with Crippen LogP contribution in [0, 0.1) is 23.2 Å². The highest BCUT2D eigenvalue weighted by Gasteiger charge is 2.74. The van der Waals surface area contributed by atoms with E-state index in [0.717, 1.165) is 0 Å². The van der Waals surface area contributed by atoms with Gasteiger partial charge in [-0.2, -0.15) is 0 Å². The topological polar surface area (TPSA) is 95.6 Å². The zero-order chi connectivity index (χ0) is 25.1. The molecular formula is C24H35Cl2N3O4. The molecule has 0 unspecified atom stereocenters. The number of hydrogen-bond donors (Lipinski definition) is 2. The SMILES string of the molecule is C=CCCNC(=O)C(=O)[C@H](CCC=C)NC(=O)[C@@H]1[C@@H]2[C@H](CN1C(=O)[C@@H](C)C(C)(C)C)C2(Cl)Cl. The first kappa shape index (κ1) is 27.4. The number of alkyl halides is 2. The molecule has 0 bridgehead atoms. The minimum atomic E-state index is -1.09. The van der Waals surface area contributed by atoms with Gasteiger partial charge in [-0.15, -0.1) is 36.4 Å². The second kappa shape index (κ2) is 10.6. The van der Waals surface area contributed by atoms with Crippen LogP contribution in [0.2, 0.25) is 0 Å². The molecular weight excluding hydrogens is 465 g/mol. The molecule has 0 radical (unpaired) electrons. The fourth-order valence-electron chi connectivity index (χ4n) is 4.10. The molecule has 1 saturated carbocycles. The van der Waals surface area contributed by atoms with Crippen LogP contribution in [0.15, 0.2) is 25.3 Å². The van der Waals surface area contributed by atoms with Gasteiger partial charge >= 0.3 is 0 Å². The number of piperidine rings is 1. The maximum absolute atomic E-state index is 13.4. The van der Waals surface area contributed by atoms with E-state index in [1.807, 2.05) is 27.7 Å². The minimum absolute atomic E-state index is 0.157. The first-order chi connectivity index (χ1) is 15.3. The standard InChI is InChI=1S/C24H35Cl2N3O4/c1-7-9-11-16(19(30)21(32)27-12-10-8-2)28-20(31)18-17-15(24(17,25)26)13-29(18)22(33)14(3)23(4,5)6/h7-8,14-18H,1-2,9-13H2,3-6H3,(H,27,32)(H,28,31)/t14-,15+,16+,17+,18+/m1/s1. The van der Waals surface area contributed by atoms with Crippen molar-refractivity contribution in [3.63, 3.8) is 0 Å². The van der Waals surface area contributed by atoms with Crippen LogP contribution in [0.4, 0.5) is 0 Å². The molecule has 2 aliphatic rings. The van der Waals surface area contributed by atoms with Gasteiger partial charge < -0.3 is 15.5 Å². The first-order valence-electron chi connectivity index (χ1n) is 11.3. The van der Waals surface area contributed by atoms with Gasteiger partial charge in [0.05, 0.1) is 6.04 Å². The fourth-order valence-corrected chi connectivity index (χ4v) is 4.92. The number of halogens is 2. The quantitative estimate of drug-likeness (QED) is 0.197. The molecule has 0 aromatic heterocycles. The molecule has 2 fully saturated rings. The molecule has 2 N–H and O–H groups in total. The number of amides is 3. The number of carbonyl (C=O) groups excluding carboxylic acids is 4. The van der Waals surface area contributed by atoms with Gasteiger partial charge in [-0.1, -0.05) is 39.8 Å². The van der Waals surface area contributed by atoms with Gasteiger partial charge in [0.15, 0.2) is 0 Å². The number of carbonyl (C=O) groups is 4. The lowest BCUT2D eigenvalue weighted by molar-refractivity contribution is -0.146. The van der Waals surface area contributed by atoms with Crippen molar-refractivity contribution in [1.29, 1.82) is 0 Å². The van der Waals surface area contributed by atoms with Gasteiger partial charge in [0, 0.05) is 30.8 Å². The Labute approximate surface area is 206 Å². The van der Waals surface area contributed by atoms with E-state index in [-0.39, 0.29) is 42.7 Å². The predicted molar refractivity (Wildman–Crippen MR) is 130 cm³/mol. The molecule has 3 amide bonds. The monoisotopic (exact) mass is 499 g/mol. The third-order valence-corrected chi connectivity index (χ3v) is 7.77. The number of rotatable bonds is 11. The molecule has 0 aromatic rings. The van der Waals surface area contributed by atoms with Crippen LogP contribution < -0.4 is 10.6 Å². The van der Waals surface area contributed by atoms with Crippen LogP contribution in [-0.4, -0.2) is 57.9 Å². The Bertz CT molecular complexity index is 821. The lowest BCUT2D eigenvalue weighted by Crippen LogP contribution is -2.56. The summed E-state index contributed by atoms with van der Waals surface area (Å²) >= 11 is 12.8. The van der Waals surface area contributed by atoms with Crippen molar-refractivity contribution in [2.24, 2.45) is 23.2 Å². The van der Waals surface area contributed by atoms with Gasteiger partial charge in [0.2, 0.25) is 17.6 Å². The highest BCUT2D eigenvalue weighted by molar-refractivity contribution is 6.51. The lowest BCUT2D eigenvalue weighted by Gasteiger charge is -2.35. The van der Waals surface area contributed by atoms with Crippen LogP contribution in [0.1, 0.15) is 47.0 Å². The van der Waals surface area contributed by atoms with E-state index in [1.54, 1.807) is 12.2 Å². The Kier molecular flexibility index (Phi) is 8.80. The summed E-state index contributed by atoms with van der Waals surface area (Å²) in [5, 5.41) is 5.22. The lowest BCUT2D eigenvalue weighted by atomic mass is 9.81. The first-order valence-corrected chi connectivity index (χ1v) is 12.1. The number of nitrogens with one attached hydrogen (secondary N) is 2. The van der Waals surface area contributed by atoms with Crippen LogP contribution >= 0.6 is 23.2 Å². The summed E-state index contributed by atoms with van der Waals surface area (Å²) in [5.74, 6) is -3.18. The second-order valence-corrected chi connectivity index (χ2v) is 11.4. The van der Waals surface area contributed by atoms with Gasteiger partial charge in [-0.05, 0) is 24.7 Å². The summed E-state index contributed by atoms with van der Waals surface area (Å²) in [7, 11) is 0. The Morgan fingerprint density at radius 1 is 1.15 bits per heavy atom. The number of nitrogens with zero attached hydrogens (tertiary/aromatic N) is 1. The fraction of sp³-hybridized carbons (Fsp3) is 0.667. The molecule has 1 saturated heterocycles. The molecule has 1 aliphatic carbocycles. The molecule has 5 atom stereocenters. The van der Waals surface area contributed by atoms with E-state index in [0.29, 0.717) is 12.8 Å². The van der Waals surface area contributed by atoms with Crippen molar-refractivity contribution in [2.45, 2.75) is 63.4 Å². The highest BCUT2D eigenvalue weighted by Crippen LogP contribution is 2.65. The second-order valence-electron chi connectivity index (χ2n) is 9.95. The zero-order valence-corrected chi connectivity index (χ0v) is 21.3. The van der Waals surface area contributed by atoms with Crippen LogP contribution in [-0.2, 0) is 19.2 Å². The number of likely N-dealkylation sites (tertiary alicyclic amines) is 1. The average Bonchev–Trinajstić information content (AvgIpc) is 3.08. The van der Waals surface area contributed by atoms with E-state index in [2.05, 4.69) is 23.8 Å². The number of allylic oxidation sites excluding steroid dienone is 1. The van der Waals surface area contributed by atoms with Crippen LogP contribution in [0.3, 0.4) is 0 Å². The summed E-state index contributed by atoms with van der Waals surface area (Å²) in [6, 6.07) is -1.95. The summed E-state index contributed by atoms with van der Waals surface area (Å²) in [6.07, 6.45) is 4.39. The smallest absolute Gasteiger partial charge is 0.289 e. The highest BCUT2D eigenvalue weighted by atomic mass is 35.5. The average molecular weight is 500 g/mol. The largest absolute Gasteiger partial charge is 0.349 e. The Balaban J connectivity index is 2.21. The molecule has 33 heavy (non-hydrogen) atoms. The molecule has 1 heterocycles. The Hall–Kier alpha value is -1.86. The molecule has 7 nitrogen and oxygen atoms in total. The summed E-state index contributed by atoms with van der Waals surface area (Å²) in [5.41, 5.74) is -0.296. The summed E-state index contributed by atoms with van der Waals surface area (Å²) in [6.45, 7) is 15.5. The van der Waals surface area contributed by atoms with E-state index >= 15 is 0 Å². The normalized spacial score (nSPS) is 24.8. The molecule has 9 heteroatoms. The van der Waals surface area contributed by atoms with Crippen molar-refractivity contribution in [3.05, 3.63) is 25.3 Å².